The van der Waals surface area contributed by atoms with E-state index in [1.807, 2.05) is 23.1 Å². The first-order chi connectivity index (χ1) is 13.1. The van der Waals surface area contributed by atoms with Crippen LogP contribution < -0.4 is 5.32 Å². The molecule has 27 heavy (non-hydrogen) atoms. The van der Waals surface area contributed by atoms with Gasteiger partial charge in [0, 0.05) is 24.0 Å². The predicted octanol–water partition coefficient (Wildman–Crippen LogP) is 3.38. The fraction of sp³-hybridized carbons (Fsp3) is 0.524. The van der Waals surface area contributed by atoms with E-state index in [2.05, 4.69) is 5.32 Å². The third-order valence-corrected chi connectivity index (χ3v) is 6.16. The van der Waals surface area contributed by atoms with Gasteiger partial charge in [0.05, 0.1) is 6.04 Å². The first-order valence-corrected chi connectivity index (χ1v) is 10.2. The average molecular weight is 389 g/mol. The molecule has 6 heteroatoms. The minimum atomic E-state index is -0.234. The largest absolute Gasteiger partial charge is 0.483 e. The van der Waals surface area contributed by atoms with E-state index in [0.29, 0.717) is 17.2 Å². The van der Waals surface area contributed by atoms with E-state index in [4.69, 9.17) is 16.3 Å². The lowest BCUT2D eigenvalue weighted by Gasteiger charge is -2.41. The Morgan fingerprint density at radius 2 is 1.96 bits per heavy atom. The zero-order chi connectivity index (χ0) is 18.8. The topological polar surface area (TPSA) is 58.6 Å². The van der Waals surface area contributed by atoms with Crippen molar-refractivity contribution in [1.29, 1.82) is 0 Å². The highest BCUT2D eigenvalue weighted by Crippen LogP contribution is 2.33. The molecular formula is C21H25ClN2O3. The summed E-state index contributed by atoms with van der Waals surface area (Å²) in [6.07, 6.45) is 7.26. The quantitative estimate of drug-likeness (QED) is 0.790. The summed E-state index contributed by atoms with van der Waals surface area (Å²) in [6.45, 7) is 1.74. The summed E-state index contributed by atoms with van der Waals surface area (Å²) in [5.41, 5.74) is 0.761. The standard InChI is InChI=1S/C21H25ClN2O3/c22-16-7-3-2-6-14(16)13-19-20(25)23-17-12-15(8-9-18(17)27-19)21(26)24-10-4-1-5-11-24/h2-3,6-7,13,15,17-18H,1,4-5,8-12H2,(H,23,25)/b19-13-. The third-order valence-electron chi connectivity index (χ3n) is 5.81. The number of piperidine rings is 1. The van der Waals surface area contributed by atoms with Crippen LogP contribution in [0.1, 0.15) is 44.1 Å². The normalized spacial score (nSPS) is 29.7. The highest BCUT2D eigenvalue weighted by atomic mass is 35.5. The molecule has 2 heterocycles. The maximum absolute atomic E-state index is 12.8. The molecule has 1 saturated carbocycles. The van der Waals surface area contributed by atoms with Gasteiger partial charge in [-0.3, -0.25) is 9.59 Å². The van der Waals surface area contributed by atoms with Gasteiger partial charge in [-0.05, 0) is 56.2 Å². The lowest BCUT2D eigenvalue weighted by Crippen LogP contribution is -2.55. The van der Waals surface area contributed by atoms with Crippen LogP contribution in [0.4, 0.5) is 0 Å². The molecule has 1 N–H and O–H groups in total. The number of amides is 2. The van der Waals surface area contributed by atoms with E-state index in [1.165, 1.54) is 6.42 Å². The van der Waals surface area contributed by atoms with Gasteiger partial charge < -0.3 is 15.0 Å². The highest BCUT2D eigenvalue weighted by molar-refractivity contribution is 6.32. The molecule has 0 bridgehead atoms. The van der Waals surface area contributed by atoms with Gasteiger partial charge in [-0.1, -0.05) is 29.8 Å². The van der Waals surface area contributed by atoms with Crippen LogP contribution in [0.25, 0.3) is 6.08 Å². The second-order valence-electron chi connectivity index (χ2n) is 7.66. The van der Waals surface area contributed by atoms with Crippen molar-refractivity contribution in [3.8, 4) is 0 Å². The molecule has 2 amide bonds. The fourth-order valence-corrected chi connectivity index (χ4v) is 4.51. The van der Waals surface area contributed by atoms with Crippen LogP contribution in [0, 0.1) is 5.92 Å². The SMILES string of the molecule is O=C1NC2CC(C(=O)N3CCCCC3)CCC2O/C1=C\c1ccccc1Cl. The van der Waals surface area contributed by atoms with E-state index in [0.717, 1.165) is 44.3 Å². The molecule has 3 atom stereocenters. The Hall–Kier alpha value is -2.01. The number of benzene rings is 1. The van der Waals surface area contributed by atoms with E-state index in [9.17, 15) is 9.59 Å². The van der Waals surface area contributed by atoms with Gasteiger partial charge in [0.1, 0.15) is 6.10 Å². The third kappa shape index (κ3) is 3.98. The maximum atomic E-state index is 12.8. The molecule has 3 fully saturated rings. The molecule has 2 aliphatic heterocycles. The van der Waals surface area contributed by atoms with Crippen LogP contribution in [-0.2, 0) is 14.3 Å². The van der Waals surface area contributed by atoms with Crippen LogP contribution in [0.5, 0.6) is 0 Å². The number of ether oxygens (including phenoxy) is 1. The van der Waals surface area contributed by atoms with Crippen LogP contribution in [0.15, 0.2) is 30.0 Å². The van der Waals surface area contributed by atoms with Crippen molar-refractivity contribution >= 4 is 29.5 Å². The number of carbonyl (C=O) groups excluding carboxylic acids is 2. The Morgan fingerprint density at radius 1 is 1.19 bits per heavy atom. The number of rotatable bonds is 2. The molecule has 5 nitrogen and oxygen atoms in total. The van der Waals surface area contributed by atoms with Crippen molar-refractivity contribution in [3.05, 3.63) is 40.6 Å². The predicted molar refractivity (Wildman–Crippen MR) is 104 cm³/mol. The number of halogens is 1. The molecule has 0 radical (unpaired) electrons. The molecule has 3 unspecified atom stereocenters. The van der Waals surface area contributed by atoms with Crippen LogP contribution in [0.3, 0.4) is 0 Å². The first kappa shape index (κ1) is 18.4. The van der Waals surface area contributed by atoms with Gasteiger partial charge in [-0.25, -0.2) is 0 Å². The molecule has 1 aromatic carbocycles. The molecule has 144 valence electrons. The zero-order valence-corrected chi connectivity index (χ0v) is 16.1. The van der Waals surface area contributed by atoms with E-state index in [-0.39, 0.29) is 29.9 Å². The first-order valence-electron chi connectivity index (χ1n) is 9.84. The van der Waals surface area contributed by atoms with E-state index < -0.39 is 0 Å². The molecule has 2 saturated heterocycles. The van der Waals surface area contributed by atoms with Crippen molar-refractivity contribution in [3.63, 3.8) is 0 Å². The van der Waals surface area contributed by atoms with E-state index in [1.54, 1.807) is 12.1 Å². The van der Waals surface area contributed by atoms with Crippen LogP contribution in [0.2, 0.25) is 5.02 Å². The van der Waals surface area contributed by atoms with Crippen molar-refractivity contribution in [2.24, 2.45) is 5.92 Å². The minimum absolute atomic E-state index is 0.0117. The van der Waals surface area contributed by atoms with Crippen molar-refractivity contribution < 1.29 is 14.3 Å². The summed E-state index contributed by atoms with van der Waals surface area (Å²) in [5, 5.41) is 3.63. The van der Waals surface area contributed by atoms with Gasteiger partial charge in [0.25, 0.3) is 5.91 Å². The van der Waals surface area contributed by atoms with Crippen molar-refractivity contribution in [2.75, 3.05) is 13.1 Å². The second kappa shape index (κ2) is 7.93. The number of nitrogens with zero attached hydrogens (tertiary/aromatic N) is 1. The molecule has 1 aromatic rings. The van der Waals surface area contributed by atoms with E-state index >= 15 is 0 Å². The van der Waals surface area contributed by atoms with Gasteiger partial charge in [-0.15, -0.1) is 0 Å². The average Bonchev–Trinajstić information content (AvgIpc) is 2.70. The number of morpholine rings is 1. The summed E-state index contributed by atoms with van der Waals surface area (Å²) in [6, 6.07) is 7.26. The molecule has 1 aliphatic carbocycles. The van der Waals surface area contributed by atoms with Gasteiger partial charge in [0.2, 0.25) is 5.91 Å². The summed E-state index contributed by atoms with van der Waals surface area (Å²) in [7, 11) is 0. The lowest BCUT2D eigenvalue weighted by atomic mass is 9.81. The molecule has 3 aliphatic rings. The molecule has 0 spiro atoms. The zero-order valence-electron chi connectivity index (χ0n) is 15.3. The molecular weight excluding hydrogens is 364 g/mol. The number of likely N-dealkylation sites (tertiary alicyclic amines) is 1. The summed E-state index contributed by atoms with van der Waals surface area (Å²) in [5.74, 6) is 0.301. The Bertz CT molecular complexity index is 758. The fourth-order valence-electron chi connectivity index (χ4n) is 4.32. The summed E-state index contributed by atoms with van der Waals surface area (Å²) >= 11 is 6.18. The minimum Gasteiger partial charge on any atom is -0.483 e. The summed E-state index contributed by atoms with van der Waals surface area (Å²) < 4.78 is 6.00. The summed E-state index contributed by atoms with van der Waals surface area (Å²) in [4.78, 5) is 27.3. The second-order valence-corrected chi connectivity index (χ2v) is 8.07. The Morgan fingerprint density at radius 3 is 2.74 bits per heavy atom. The van der Waals surface area contributed by atoms with Crippen molar-refractivity contribution in [1.82, 2.24) is 10.2 Å². The maximum Gasteiger partial charge on any atom is 0.286 e. The van der Waals surface area contributed by atoms with Crippen molar-refractivity contribution in [2.45, 2.75) is 50.7 Å². The number of hydrogen-bond acceptors (Lipinski definition) is 3. The van der Waals surface area contributed by atoms with Gasteiger partial charge >= 0.3 is 0 Å². The van der Waals surface area contributed by atoms with Crippen LogP contribution >= 0.6 is 11.6 Å². The highest BCUT2D eigenvalue weighted by Gasteiger charge is 2.41. The number of fused-ring (bicyclic) bond motifs is 1. The van der Waals surface area contributed by atoms with Crippen LogP contribution in [-0.4, -0.2) is 41.9 Å². The number of nitrogens with one attached hydrogen (secondary N) is 1. The molecule has 4 rings (SSSR count). The Balaban J connectivity index is 1.42. The monoisotopic (exact) mass is 388 g/mol. The lowest BCUT2D eigenvalue weighted by molar-refractivity contribution is -0.142. The Kier molecular flexibility index (Phi) is 5.39. The number of hydrogen-bond donors (Lipinski definition) is 1. The smallest absolute Gasteiger partial charge is 0.286 e. The Labute approximate surface area is 164 Å². The number of carbonyl (C=O) groups is 2. The molecule has 0 aromatic heterocycles. The van der Waals surface area contributed by atoms with Gasteiger partial charge in [-0.2, -0.15) is 0 Å². The van der Waals surface area contributed by atoms with Gasteiger partial charge in [0.15, 0.2) is 5.76 Å².